The van der Waals surface area contributed by atoms with Crippen LogP contribution in [0.4, 0.5) is 0 Å². The normalized spacial score (nSPS) is 33.3. The van der Waals surface area contributed by atoms with Crippen LogP contribution in [0.3, 0.4) is 0 Å². The van der Waals surface area contributed by atoms with Gasteiger partial charge in [-0.2, -0.15) is 0 Å². The molecule has 0 aromatic rings. The van der Waals surface area contributed by atoms with Crippen LogP contribution in [0.5, 0.6) is 0 Å². The molecule has 0 spiro atoms. The largest absolute Gasteiger partial charge is 0.342 e. The van der Waals surface area contributed by atoms with Gasteiger partial charge in [0.25, 0.3) is 0 Å². The molecule has 18 heavy (non-hydrogen) atoms. The molecule has 0 radical (unpaired) electrons. The van der Waals surface area contributed by atoms with Gasteiger partial charge in [-0.15, -0.1) is 0 Å². The topological polar surface area (TPSA) is 46.3 Å². The number of hydrogen-bond donors (Lipinski definition) is 1. The Balaban J connectivity index is 1.87. The van der Waals surface area contributed by atoms with E-state index in [0.717, 1.165) is 31.8 Å². The lowest BCUT2D eigenvalue weighted by Gasteiger charge is -2.48. The van der Waals surface area contributed by atoms with Crippen LogP contribution in [0.2, 0.25) is 0 Å². The van der Waals surface area contributed by atoms with E-state index in [2.05, 4.69) is 18.7 Å². The highest BCUT2D eigenvalue weighted by molar-refractivity contribution is 5.84. The summed E-state index contributed by atoms with van der Waals surface area (Å²) >= 11 is 0. The molecule has 2 fully saturated rings. The summed E-state index contributed by atoms with van der Waals surface area (Å²) in [6.07, 6.45) is 6.96. The van der Waals surface area contributed by atoms with Gasteiger partial charge in [-0.05, 0) is 37.5 Å². The lowest BCUT2D eigenvalue weighted by atomic mass is 9.61. The SMILES string of the molecule is CCCC1CCN(C(=O)C2(CN)CC(C)C2)CC1. The molecule has 3 heteroatoms. The lowest BCUT2D eigenvalue weighted by molar-refractivity contribution is -0.151. The van der Waals surface area contributed by atoms with Gasteiger partial charge in [0.15, 0.2) is 0 Å². The number of likely N-dealkylation sites (tertiary alicyclic amines) is 1. The highest BCUT2D eigenvalue weighted by Gasteiger charge is 2.49. The van der Waals surface area contributed by atoms with Gasteiger partial charge in [-0.3, -0.25) is 4.79 Å². The number of nitrogens with two attached hydrogens (primary N) is 1. The molecular weight excluding hydrogens is 224 g/mol. The zero-order valence-electron chi connectivity index (χ0n) is 12.0. The maximum Gasteiger partial charge on any atom is 0.230 e. The van der Waals surface area contributed by atoms with Crippen molar-refractivity contribution in [3.63, 3.8) is 0 Å². The van der Waals surface area contributed by atoms with Crippen LogP contribution >= 0.6 is 0 Å². The molecule has 2 rings (SSSR count). The summed E-state index contributed by atoms with van der Waals surface area (Å²) in [5, 5.41) is 0. The molecule has 1 aliphatic carbocycles. The van der Waals surface area contributed by atoms with Gasteiger partial charge in [-0.1, -0.05) is 26.7 Å². The average Bonchev–Trinajstić information content (AvgIpc) is 2.35. The predicted molar refractivity (Wildman–Crippen MR) is 74.1 cm³/mol. The maximum absolute atomic E-state index is 12.6. The second kappa shape index (κ2) is 5.60. The molecule has 1 saturated carbocycles. The molecule has 1 aliphatic heterocycles. The van der Waals surface area contributed by atoms with Crippen molar-refractivity contribution in [2.75, 3.05) is 19.6 Å². The molecule has 0 aromatic carbocycles. The van der Waals surface area contributed by atoms with Gasteiger partial charge in [0.1, 0.15) is 0 Å². The van der Waals surface area contributed by atoms with Gasteiger partial charge in [0.05, 0.1) is 5.41 Å². The number of carbonyl (C=O) groups excluding carboxylic acids is 1. The fourth-order valence-electron chi connectivity index (χ4n) is 3.87. The molecule has 3 nitrogen and oxygen atoms in total. The second-order valence-corrected chi connectivity index (χ2v) is 6.52. The van der Waals surface area contributed by atoms with Gasteiger partial charge in [-0.25, -0.2) is 0 Å². The van der Waals surface area contributed by atoms with Crippen LogP contribution in [0.1, 0.15) is 52.4 Å². The quantitative estimate of drug-likeness (QED) is 0.835. The first kappa shape index (κ1) is 13.9. The Morgan fingerprint density at radius 3 is 2.39 bits per heavy atom. The number of rotatable bonds is 4. The highest BCUT2D eigenvalue weighted by Crippen LogP contribution is 2.46. The van der Waals surface area contributed by atoms with Crippen molar-refractivity contribution in [2.45, 2.75) is 52.4 Å². The van der Waals surface area contributed by atoms with Gasteiger partial charge in [0.2, 0.25) is 5.91 Å². The predicted octanol–water partition coefficient (Wildman–Crippen LogP) is 2.40. The van der Waals surface area contributed by atoms with E-state index < -0.39 is 0 Å². The Morgan fingerprint density at radius 2 is 1.94 bits per heavy atom. The van der Waals surface area contributed by atoms with Crippen LogP contribution < -0.4 is 5.73 Å². The first-order chi connectivity index (χ1) is 8.61. The number of nitrogens with zero attached hydrogens (tertiary/aromatic N) is 1. The molecule has 2 N–H and O–H groups in total. The van der Waals surface area contributed by atoms with E-state index in [1.165, 1.54) is 25.7 Å². The van der Waals surface area contributed by atoms with Gasteiger partial charge < -0.3 is 10.6 Å². The number of carbonyl (C=O) groups is 1. The molecular formula is C15H28N2O. The van der Waals surface area contributed by atoms with E-state index in [-0.39, 0.29) is 5.41 Å². The minimum Gasteiger partial charge on any atom is -0.342 e. The molecule has 0 unspecified atom stereocenters. The Labute approximate surface area is 111 Å². The van der Waals surface area contributed by atoms with Crippen molar-refractivity contribution in [1.82, 2.24) is 4.90 Å². The fraction of sp³-hybridized carbons (Fsp3) is 0.933. The van der Waals surface area contributed by atoms with Crippen LogP contribution in [0.15, 0.2) is 0 Å². The average molecular weight is 252 g/mol. The molecule has 1 heterocycles. The third kappa shape index (κ3) is 2.56. The van der Waals surface area contributed by atoms with E-state index in [9.17, 15) is 4.79 Å². The summed E-state index contributed by atoms with van der Waals surface area (Å²) in [4.78, 5) is 14.7. The van der Waals surface area contributed by atoms with E-state index in [1.54, 1.807) is 0 Å². The first-order valence-corrected chi connectivity index (χ1v) is 7.60. The molecule has 1 saturated heterocycles. The minimum absolute atomic E-state index is 0.197. The lowest BCUT2D eigenvalue weighted by Crippen LogP contribution is -2.56. The van der Waals surface area contributed by atoms with E-state index in [0.29, 0.717) is 18.4 Å². The monoisotopic (exact) mass is 252 g/mol. The van der Waals surface area contributed by atoms with E-state index >= 15 is 0 Å². The summed E-state index contributed by atoms with van der Waals surface area (Å²) in [6.45, 7) is 6.91. The standard InChI is InChI=1S/C15H28N2O/c1-3-4-13-5-7-17(8-6-13)14(18)15(11-16)9-12(2)10-15/h12-13H,3-11,16H2,1-2H3. The Morgan fingerprint density at radius 1 is 1.33 bits per heavy atom. The van der Waals surface area contributed by atoms with E-state index in [1.807, 2.05) is 0 Å². The Bertz CT molecular complexity index is 289. The summed E-state index contributed by atoms with van der Waals surface area (Å²) in [5.74, 6) is 1.86. The summed E-state index contributed by atoms with van der Waals surface area (Å²) in [7, 11) is 0. The molecule has 0 bridgehead atoms. The molecule has 0 aromatic heterocycles. The summed E-state index contributed by atoms with van der Waals surface area (Å²) < 4.78 is 0. The number of hydrogen-bond acceptors (Lipinski definition) is 2. The van der Waals surface area contributed by atoms with Gasteiger partial charge in [0, 0.05) is 19.6 Å². The highest BCUT2D eigenvalue weighted by atomic mass is 16.2. The third-order valence-corrected chi connectivity index (χ3v) is 4.92. The third-order valence-electron chi connectivity index (χ3n) is 4.92. The van der Waals surface area contributed by atoms with Crippen LogP contribution in [0.25, 0.3) is 0 Å². The van der Waals surface area contributed by atoms with Crippen LogP contribution in [-0.2, 0) is 4.79 Å². The second-order valence-electron chi connectivity index (χ2n) is 6.52. The van der Waals surface area contributed by atoms with Crippen molar-refractivity contribution in [1.29, 1.82) is 0 Å². The summed E-state index contributed by atoms with van der Waals surface area (Å²) in [6, 6.07) is 0. The Hall–Kier alpha value is -0.570. The number of piperidine rings is 1. The van der Waals surface area contributed by atoms with Crippen molar-refractivity contribution in [3.8, 4) is 0 Å². The minimum atomic E-state index is -0.197. The zero-order chi connectivity index (χ0) is 13.2. The van der Waals surface area contributed by atoms with E-state index in [4.69, 9.17) is 5.73 Å². The Kier molecular flexibility index (Phi) is 4.31. The van der Waals surface area contributed by atoms with Crippen molar-refractivity contribution < 1.29 is 4.79 Å². The van der Waals surface area contributed by atoms with Crippen molar-refractivity contribution >= 4 is 5.91 Å². The zero-order valence-corrected chi connectivity index (χ0v) is 12.0. The van der Waals surface area contributed by atoms with Crippen LogP contribution in [0, 0.1) is 17.3 Å². The molecule has 1 amide bonds. The van der Waals surface area contributed by atoms with Crippen molar-refractivity contribution in [3.05, 3.63) is 0 Å². The van der Waals surface area contributed by atoms with Crippen molar-refractivity contribution in [2.24, 2.45) is 23.0 Å². The van der Waals surface area contributed by atoms with Gasteiger partial charge >= 0.3 is 0 Å². The summed E-state index contributed by atoms with van der Waals surface area (Å²) in [5.41, 5.74) is 5.67. The maximum atomic E-state index is 12.6. The molecule has 2 aliphatic rings. The van der Waals surface area contributed by atoms with Crippen LogP contribution in [-0.4, -0.2) is 30.4 Å². The molecule has 104 valence electrons. The smallest absolute Gasteiger partial charge is 0.230 e. The number of amides is 1. The first-order valence-electron chi connectivity index (χ1n) is 7.60. The molecule has 0 atom stereocenters. The fourth-order valence-corrected chi connectivity index (χ4v) is 3.87.